The number of urea groups is 1. The van der Waals surface area contributed by atoms with Gasteiger partial charge in [0.25, 0.3) is 0 Å². The number of anilines is 1. The minimum Gasteiger partial charge on any atom is -0.481 e. The predicted octanol–water partition coefficient (Wildman–Crippen LogP) is 3.22. The van der Waals surface area contributed by atoms with Crippen LogP contribution in [0.5, 0.6) is 5.88 Å². The molecule has 4 rings (SSSR count). The summed E-state index contributed by atoms with van der Waals surface area (Å²) in [5.41, 5.74) is 2.86. The molecular weight excluding hydrogens is 418 g/mol. The average Bonchev–Trinajstić information content (AvgIpc) is 3.18. The number of benzene rings is 1. The number of hydrogen-bond acceptors (Lipinski definition) is 6. The van der Waals surface area contributed by atoms with Crippen LogP contribution in [0.4, 0.5) is 10.5 Å². The van der Waals surface area contributed by atoms with Crippen LogP contribution >= 0.6 is 12.4 Å². The quantitative estimate of drug-likeness (QED) is 0.572. The smallest absolute Gasteiger partial charge is 0.319 e. The molecule has 162 valence electrons. The van der Waals surface area contributed by atoms with Crippen LogP contribution in [-0.2, 0) is 0 Å². The number of amides is 2. The van der Waals surface area contributed by atoms with E-state index >= 15 is 0 Å². The van der Waals surface area contributed by atoms with E-state index in [2.05, 4.69) is 38.6 Å². The molecule has 1 aromatic carbocycles. The van der Waals surface area contributed by atoms with Gasteiger partial charge in [0.05, 0.1) is 47.7 Å². The number of likely N-dealkylation sites (tertiary alicyclic amines) is 1. The molecule has 0 unspecified atom stereocenters. The van der Waals surface area contributed by atoms with Gasteiger partial charge in [-0.15, -0.1) is 12.4 Å². The first kappa shape index (κ1) is 22.3. The highest BCUT2D eigenvalue weighted by molar-refractivity contribution is 5.89. The third kappa shape index (κ3) is 5.05. The number of rotatable bonds is 4. The normalized spacial score (nSPS) is 18.6. The predicted molar refractivity (Wildman–Crippen MR) is 119 cm³/mol. The fraction of sp³-hybridized carbons (Fsp3) is 0.333. The van der Waals surface area contributed by atoms with Gasteiger partial charge < -0.3 is 20.4 Å². The van der Waals surface area contributed by atoms with Crippen LogP contribution < -0.4 is 15.4 Å². The Morgan fingerprint density at radius 2 is 2.19 bits per heavy atom. The van der Waals surface area contributed by atoms with Gasteiger partial charge >= 0.3 is 6.03 Å². The number of imidazole rings is 1. The molecular formula is C21H24ClN7O2. The van der Waals surface area contributed by atoms with Gasteiger partial charge in [0.2, 0.25) is 5.88 Å². The number of methoxy groups -OCH3 is 1. The van der Waals surface area contributed by atoms with Crippen molar-refractivity contribution in [2.45, 2.75) is 24.9 Å². The number of hydrogen-bond donors (Lipinski definition) is 3. The molecule has 0 spiro atoms. The Morgan fingerprint density at radius 3 is 2.90 bits per heavy atom. The molecule has 3 aromatic rings. The number of aromatic nitrogens is 3. The lowest BCUT2D eigenvalue weighted by molar-refractivity contribution is 0.153. The summed E-state index contributed by atoms with van der Waals surface area (Å²) in [5.74, 6) is 1.33. The second kappa shape index (κ2) is 9.64. The largest absolute Gasteiger partial charge is 0.481 e. The highest BCUT2D eigenvalue weighted by atomic mass is 35.5. The second-order valence-corrected chi connectivity index (χ2v) is 7.37. The second-order valence-electron chi connectivity index (χ2n) is 7.37. The number of halogens is 1. The fourth-order valence-corrected chi connectivity index (χ4v) is 3.71. The summed E-state index contributed by atoms with van der Waals surface area (Å²) in [6, 6.07) is 10.8. The van der Waals surface area contributed by atoms with Crippen LogP contribution in [0.1, 0.15) is 30.3 Å². The van der Waals surface area contributed by atoms with Crippen molar-refractivity contribution < 1.29 is 9.53 Å². The molecule has 1 fully saturated rings. The molecule has 0 radical (unpaired) electrons. The van der Waals surface area contributed by atoms with Gasteiger partial charge in [-0.2, -0.15) is 5.26 Å². The van der Waals surface area contributed by atoms with E-state index in [1.54, 1.807) is 37.6 Å². The van der Waals surface area contributed by atoms with E-state index in [0.29, 0.717) is 17.1 Å². The molecule has 1 aliphatic rings. The summed E-state index contributed by atoms with van der Waals surface area (Å²) >= 11 is 0. The molecule has 3 heterocycles. The van der Waals surface area contributed by atoms with Crippen molar-refractivity contribution in [1.82, 2.24) is 25.2 Å². The van der Waals surface area contributed by atoms with Crippen molar-refractivity contribution >= 4 is 35.2 Å². The molecule has 0 saturated carbocycles. The van der Waals surface area contributed by atoms with Crippen molar-refractivity contribution in [3.8, 4) is 11.9 Å². The summed E-state index contributed by atoms with van der Waals surface area (Å²) in [5, 5.41) is 14.9. The number of nitrogens with one attached hydrogen (secondary N) is 3. The lowest BCUT2D eigenvalue weighted by atomic mass is 9.97. The Morgan fingerprint density at radius 1 is 1.35 bits per heavy atom. The maximum absolute atomic E-state index is 12.4. The van der Waals surface area contributed by atoms with Gasteiger partial charge in [0, 0.05) is 18.7 Å². The zero-order valence-corrected chi connectivity index (χ0v) is 18.1. The standard InChI is InChI=1S/C21H23N7O2.ClH/c1-28-8-7-14(24-21(29)25-15-4-6-19(30-2)23-12-15)10-18(28)20-26-16-5-3-13(11-22)9-17(16)27-20;/h3-6,9,12,14,18H,7-8,10H2,1-2H3,(H,26,27)(H2,24,25,29);1H/t14-,18-;/m1./s1. The molecule has 9 nitrogen and oxygen atoms in total. The van der Waals surface area contributed by atoms with Gasteiger partial charge in [0.15, 0.2) is 0 Å². The minimum absolute atomic E-state index is 0. The molecule has 2 aromatic heterocycles. The Labute approximate surface area is 186 Å². The maximum atomic E-state index is 12.4. The van der Waals surface area contributed by atoms with Crippen LogP contribution in [0, 0.1) is 11.3 Å². The van der Waals surface area contributed by atoms with E-state index < -0.39 is 0 Å². The third-order valence-electron chi connectivity index (χ3n) is 5.35. The van der Waals surface area contributed by atoms with Crippen molar-refractivity contribution in [3.05, 3.63) is 47.9 Å². The monoisotopic (exact) mass is 441 g/mol. The number of carbonyl (C=O) groups excluding carboxylic acids is 1. The van der Waals surface area contributed by atoms with Gasteiger partial charge in [-0.25, -0.2) is 14.8 Å². The Kier molecular flexibility index (Phi) is 6.95. The number of aromatic amines is 1. The molecule has 10 heteroatoms. The Bertz CT molecular complexity index is 1090. The first-order chi connectivity index (χ1) is 14.6. The number of fused-ring (bicyclic) bond motifs is 1. The minimum atomic E-state index is -0.265. The first-order valence-corrected chi connectivity index (χ1v) is 9.73. The topological polar surface area (TPSA) is 119 Å². The zero-order valence-electron chi connectivity index (χ0n) is 17.3. The van der Waals surface area contributed by atoms with Crippen LogP contribution in [-0.4, -0.2) is 52.6 Å². The summed E-state index contributed by atoms with van der Waals surface area (Å²) in [4.78, 5) is 26.8. The van der Waals surface area contributed by atoms with Crippen molar-refractivity contribution in [3.63, 3.8) is 0 Å². The third-order valence-corrected chi connectivity index (χ3v) is 5.35. The summed E-state index contributed by atoms with van der Waals surface area (Å²) < 4.78 is 5.03. The number of nitrogens with zero attached hydrogens (tertiary/aromatic N) is 4. The highest BCUT2D eigenvalue weighted by Crippen LogP contribution is 2.29. The lowest BCUT2D eigenvalue weighted by Crippen LogP contribution is -2.46. The van der Waals surface area contributed by atoms with Crippen LogP contribution in [0.25, 0.3) is 11.0 Å². The first-order valence-electron chi connectivity index (χ1n) is 9.73. The SMILES string of the molecule is COc1ccc(NC(=O)N[C@@H]2CCN(C)[C@@H](c3nc4cc(C#N)ccc4[nH]3)C2)cn1.Cl. The van der Waals surface area contributed by atoms with Gasteiger partial charge in [-0.3, -0.25) is 4.90 Å². The highest BCUT2D eigenvalue weighted by Gasteiger charge is 2.30. The fourth-order valence-electron chi connectivity index (χ4n) is 3.71. The van der Waals surface area contributed by atoms with Crippen molar-refractivity contribution in [1.29, 1.82) is 5.26 Å². The number of H-pyrrole nitrogens is 1. The summed E-state index contributed by atoms with van der Waals surface area (Å²) in [6.45, 7) is 0.834. The summed E-state index contributed by atoms with van der Waals surface area (Å²) in [7, 11) is 3.60. The summed E-state index contributed by atoms with van der Waals surface area (Å²) in [6.07, 6.45) is 3.13. The van der Waals surface area contributed by atoms with E-state index in [-0.39, 0.29) is 30.5 Å². The van der Waals surface area contributed by atoms with Crippen LogP contribution in [0.15, 0.2) is 36.5 Å². The molecule has 0 bridgehead atoms. The van der Waals surface area contributed by atoms with Gasteiger partial charge in [0.1, 0.15) is 5.82 Å². The molecule has 0 aliphatic carbocycles. The number of pyridine rings is 1. The number of ether oxygens (including phenoxy) is 1. The molecule has 31 heavy (non-hydrogen) atoms. The number of piperidine rings is 1. The van der Waals surface area contributed by atoms with Crippen LogP contribution in [0.3, 0.4) is 0 Å². The van der Waals surface area contributed by atoms with Crippen molar-refractivity contribution in [2.75, 3.05) is 26.0 Å². The Hall–Kier alpha value is -3.35. The van der Waals surface area contributed by atoms with Gasteiger partial charge in [-0.1, -0.05) is 0 Å². The van der Waals surface area contributed by atoms with E-state index in [1.807, 2.05) is 6.07 Å². The number of carbonyl (C=O) groups is 1. The molecule has 1 saturated heterocycles. The van der Waals surface area contributed by atoms with Crippen molar-refractivity contribution in [2.24, 2.45) is 0 Å². The molecule has 1 aliphatic heterocycles. The maximum Gasteiger partial charge on any atom is 0.319 e. The van der Waals surface area contributed by atoms with E-state index in [1.165, 1.54) is 0 Å². The van der Waals surface area contributed by atoms with E-state index in [0.717, 1.165) is 36.2 Å². The van der Waals surface area contributed by atoms with Crippen LogP contribution in [0.2, 0.25) is 0 Å². The zero-order chi connectivity index (χ0) is 21.1. The van der Waals surface area contributed by atoms with E-state index in [4.69, 9.17) is 15.0 Å². The molecule has 2 amide bonds. The Balaban J connectivity index is 0.00000272. The molecule has 3 N–H and O–H groups in total. The van der Waals surface area contributed by atoms with E-state index in [9.17, 15) is 4.79 Å². The van der Waals surface area contributed by atoms with Gasteiger partial charge in [-0.05, 0) is 44.2 Å². The number of nitriles is 1. The lowest BCUT2D eigenvalue weighted by Gasteiger charge is -2.36. The molecule has 2 atom stereocenters. The average molecular weight is 442 g/mol.